The number of carbonyl (C=O) groups excluding carboxylic acids is 2. The number of carbonyl (C=O) groups is 2. The van der Waals surface area contributed by atoms with Crippen LogP contribution in [0.4, 0.5) is 11.4 Å². The summed E-state index contributed by atoms with van der Waals surface area (Å²) in [6.07, 6.45) is 0.866. The van der Waals surface area contributed by atoms with Gasteiger partial charge in [0.2, 0.25) is 0 Å². The molecule has 1 N–H and O–H groups in total. The van der Waals surface area contributed by atoms with E-state index in [0.29, 0.717) is 5.56 Å². The van der Waals surface area contributed by atoms with E-state index in [1.54, 1.807) is 19.2 Å². The molecule has 2 aromatic carbocycles. The van der Waals surface area contributed by atoms with Crippen LogP contribution in [0.25, 0.3) is 0 Å². The molecule has 7 heteroatoms. The molecule has 2 rings (SSSR count). The van der Waals surface area contributed by atoms with Crippen LogP contribution in [-0.4, -0.2) is 30.3 Å². The summed E-state index contributed by atoms with van der Waals surface area (Å²) in [7, 11) is 1.54. The molecule has 0 amide bonds. The van der Waals surface area contributed by atoms with E-state index < -0.39 is 17.5 Å². The van der Waals surface area contributed by atoms with Crippen LogP contribution >= 0.6 is 0 Å². The molecule has 0 aliphatic heterocycles. The first-order chi connectivity index (χ1) is 12.0. The van der Waals surface area contributed by atoms with Crippen molar-refractivity contribution in [1.82, 2.24) is 0 Å². The molecule has 0 atom stereocenters. The van der Waals surface area contributed by atoms with E-state index in [1.807, 2.05) is 19.1 Å². The number of ketones is 1. The normalized spacial score (nSPS) is 10.2. The Labute approximate surface area is 144 Å². The molecule has 0 saturated carbocycles. The first-order valence-electron chi connectivity index (χ1n) is 7.71. The lowest BCUT2D eigenvalue weighted by atomic mass is 10.1. The summed E-state index contributed by atoms with van der Waals surface area (Å²) >= 11 is 0. The molecule has 0 radical (unpaired) electrons. The van der Waals surface area contributed by atoms with Crippen molar-refractivity contribution in [2.45, 2.75) is 13.3 Å². The van der Waals surface area contributed by atoms with Crippen molar-refractivity contribution in [1.29, 1.82) is 0 Å². The number of hydrogen-bond donors (Lipinski definition) is 1. The monoisotopic (exact) mass is 342 g/mol. The minimum Gasteiger partial charge on any atom is -0.454 e. The summed E-state index contributed by atoms with van der Waals surface area (Å²) in [6, 6.07) is 11.0. The van der Waals surface area contributed by atoms with Crippen molar-refractivity contribution in [2.75, 3.05) is 19.0 Å². The Bertz CT molecular complexity index is 800. The molecule has 0 unspecified atom stereocenters. The molecular weight excluding hydrogens is 324 g/mol. The molecule has 25 heavy (non-hydrogen) atoms. The fourth-order valence-electron chi connectivity index (χ4n) is 2.25. The first-order valence-corrected chi connectivity index (χ1v) is 7.71. The van der Waals surface area contributed by atoms with E-state index >= 15 is 0 Å². The van der Waals surface area contributed by atoms with Gasteiger partial charge in [0.05, 0.1) is 10.5 Å². The van der Waals surface area contributed by atoms with Gasteiger partial charge < -0.3 is 10.1 Å². The Balaban J connectivity index is 2.05. The molecule has 130 valence electrons. The number of hydrogen-bond acceptors (Lipinski definition) is 6. The third kappa shape index (κ3) is 4.41. The standard InChI is InChI=1S/C18H18N2O5/c1-3-12-4-6-13(7-5-12)17(21)11-25-18(22)14-8-9-15(19-2)16(10-14)20(23)24/h4-10,19H,3,11H2,1-2H3. The van der Waals surface area contributed by atoms with Crippen molar-refractivity contribution < 1.29 is 19.2 Å². The Morgan fingerprint density at radius 2 is 1.76 bits per heavy atom. The number of esters is 1. The highest BCUT2D eigenvalue weighted by molar-refractivity contribution is 5.99. The molecule has 0 fully saturated rings. The fourth-order valence-corrected chi connectivity index (χ4v) is 2.25. The zero-order valence-corrected chi connectivity index (χ0v) is 13.9. The van der Waals surface area contributed by atoms with Crippen LogP contribution in [-0.2, 0) is 11.2 Å². The van der Waals surface area contributed by atoms with Crippen molar-refractivity contribution in [3.63, 3.8) is 0 Å². The zero-order valence-electron chi connectivity index (χ0n) is 13.9. The summed E-state index contributed by atoms with van der Waals surface area (Å²) in [4.78, 5) is 34.5. The molecule has 0 spiro atoms. The maximum Gasteiger partial charge on any atom is 0.338 e. The summed E-state index contributed by atoms with van der Waals surface area (Å²) in [5, 5.41) is 13.7. The van der Waals surface area contributed by atoms with Gasteiger partial charge in [0, 0.05) is 18.7 Å². The van der Waals surface area contributed by atoms with Crippen LogP contribution in [0, 0.1) is 10.1 Å². The number of ether oxygens (including phenoxy) is 1. The largest absolute Gasteiger partial charge is 0.454 e. The quantitative estimate of drug-likeness (QED) is 0.359. The average Bonchev–Trinajstić information content (AvgIpc) is 2.65. The Kier molecular flexibility index (Phi) is 5.84. The van der Waals surface area contributed by atoms with E-state index in [2.05, 4.69) is 5.32 Å². The first kappa shape index (κ1) is 18.1. The lowest BCUT2D eigenvalue weighted by Gasteiger charge is -2.07. The number of nitro benzene ring substituents is 1. The number of Topliss-reactive ketones (excluding diaryl/α,β-unsaturated/α-hetero) is 1. The fraction of sp³-hybridized carbons (Fsp3) is 0.222. The van der Waals surface area contributed by atoms with Gasteiger partial charge in [-0.05, 0) is 24.1 Å². The second-order valence-electron chi connectivity index (χ2n) is 5.29. The van der Waals surface area contributed by atoms with Gasteiger partial charge in [0.25, 0.3) is 5.69 Å². The van der Waals surface area contributed by atoms with Crippen LogP contribution in [0.5, 0.6) is 0 Å². The smallest absolute Gasteiger partial charge is 0.338 e. The minimum absolute atomic E-state index is 0.0137. The molecular formula is C18H18N2O5. The molecule has 0 bridgehead atoms. The van der Waals surface area contributed by atoms with Gasteiger partial charge in [-0.2, -0.15) is 0 Å². The molecule has 0 heterocycles. The van der Waals surface area contributed by atoms with Gasteiger partial charge >= 0.3 is 5.97 Å². The van der Waals surface area contributed by atoms with Crippen LogP contribution < -0.4 is 5.32 Å². The molecule has 0 saturated heterocycles. The SMILES string of the molecule is CCc1ccc(C(=O)COC(=O)c2ccc(NC)c([N+](=O)[O-])c2)cc1. The molecule has 0 aliphatic carbocycles. The van der Waals surface area contributed by atoms with Gasteiger partial charge in [-0.3, -0.25) is 14.9 Å². The summed E-state index contributed by atoms with van der Waals surface area (Å²) < 4.78 is 4.98. The van der Waals surface area contributed by atoms with Gasteiger partial charge in [0.15, 0.2) is 12.4 Å². The third-order valence-corrected chi connectivity index (χ3v) is 3.72. The number of benzene rings is 2. The highest BCUT2D eigenvalue weighted by Crippen LogP contribution is 2.25. The van der Waals surface area contributed by atoms with Crippen molar-refractivity contribution in [3.8, 4) is 0 Å². The Hall–Kier alpha value is -3.22. The van der Waals surface area contributed by atoms with E-state index in [4.69, 9.17) is 4.74 Å². The lowest BCUT2D eigenvalue weighted by molar-refractivity contribution is -0.384. The van der Waals surface area contributed by atoms with Crippen LogP contribution in [0.3, 0.4) is 0 Å². The van der Waals surface area contributed by atoms with Crippen molar-refractivity contribution >= 4 is 23.1 Å². The van der Waals surface area contributed by atoms with E-state index in [9.17, 15) is 19.7 Å². The number of anilines is 1. The maximum atomic E-state index is 12.1. The highest BCUT2D eigenvalue weighted by Gasteiger charge is 2.18. The number of nitrogens with zero attached hydrogens (tertiary/aromatic N) is 1. The molecule has 0 aromatic heterocycles. The number of aryl methyl sites for hydroxylation is 1. The predicted octanol–water partition coefficient (Wildman–Crippen LogP) is 3.24. The second-order valence-corrected chi connectivity index (χ2v) is 5.29. The average molecular weight is 342 g/mol. The topological polar surface area (TPSA) is 98.5 Å². The van der Waals surface area contributed by atoms with E-state index in [-0.39, 0.29) is 22.7 Å². The lowest BCUT2D eigenvalue weighted by Crippen LogP contribution is -2.14. The minimum atomic E-state index is -0.788. The van der Waals surface area contributed by atoms with Crippen LogP contribution in [0.1, 0.15) is 33.2 Å². The third-order valence-electron chi connectivity index (χ3n) is 3.72. The predicted molar refractivity (Wildman–Crippen MR) is 93.1 cm³/mol. The number of nitrogens with one attached hydrogen (secondary N) is 1. The number of nitro groups is 1. The van der Waals surface area contributed by atoms with Gasteiger partial charge in [-0.15, -0.1) is 0 Å². The summed E-state index contributed by atoms with van der Waals surface area (Å²) in [5.41, 5.74) is 1.61. The van der Waals surface area contributed by atoms with Gasteiger partial charge in [-0.25, -0.2) is 4.79 Å². The highest BCUT2D eigenvalue weighted by atomic mass is 16.6. The zero-order chi connectivity index (χ0) is 18.4. The molecule has 2 aromatic rings. The maximum absolute atomic E-state index is 12.1. The Morgan fingerprint density at radius 1 is 1.12 bits per heavy atom. The van der Waals surface area contributed by atoms with Crippen molar-refractivity contribution in [3.05, 3.63) is 69.3 Å². The van der Waals surface area contributed by atoms with Crippen LogP contribution in [0.2, 0.25) is 0 Å². The molecule has 0 aliphatic rings. The van der Waals surface area contributed by atoms with Crippen molar-refractivity contribution in [2.24, 2.45) is 0 Å². The second kappa shape index (κ2) is 8.05. The van der Waals surface area contributed by atoms with Gasteiger partial charge in [-0.1, -0.05) is 31.2 Å². The molecule has 7 nitrogen and oxygen atoms in total. The summed E-state index contributed by atoms with van der Waals surface area (Å²) in [5.74, 6) is -1.12. The Morgan fingerprint density at radius 3 is 2.32 bits per heavy atom. The van der Waals surface area contributed by atoms with E-state index in [0.717, 1.165) is 18.1 Å². The van der Waals surface area contributed by atoms with Crippen LogP contribution in [0.15, 0.2) is 42.5 Å². The van der Waals surface area contributed by atoms with E-state index in [1.165, 1.54) is 12.1 Å². The summed E-state index contributed by atoms with van der Waals surface area (Å²) in [6.45, 7) is 1.59. The number of rotatable bonds is 7. The van der Waals surface area contributed by atoms with Gasteiger partial charge in [0.1, 0.15) is 5.69 Å².